The van der Waals surface area contributed by atoms with Gasteiger partial charge in [0.15, 0.2) is 0 Å². The summed E-state index contributed by atoms with van der Waals surface area (Å²) in [6, 6.07) is 11.2. The third-order valence-electron chi connectivity index (χ3n) is 2.64. The number of halogens is 1. The highest BCUT2D eigenvalue weighted by molar-refractivity contribution is 5.85. The van der Waals surface area contributed by atoms with Gasteiger partial charge in [-0.1, -0.05) is 24.3 Å². The van der Waals surface area contributed by atoms with Crippen molar-refractivity contribution in [3.63, 3.8) is 0 Å². The Bertz CT molecular complexity index is 556. The van der Waals surface area contributed by atoms with Crippen LogP contribution in [0.15, 0.2) is 42.6 Å². The molecule has 0 aliphatic heterocycles. The molecule has 4 nitrogen and oxygen atoms in total. The van der Waals surface area contributed by atoms with Gasteiger partial charge in [0.1, 0.15) is 0 Å². The Hall–Kier alpha value is -1.91. The number of benzene rings is 1. The number of hydrogen-bond acceptors (Lipinski definition) is 3. The zero-order chi connectivity index (χ0) is 13.0. The van der Waals surface area contributed by atoms with Gasteiger partial charge in [-0.25, -0.2) is 0 Å². The average Bonchev–Trinajstić information content (AvgIpc) is 2.38. The van der Waals surface area contributed by atoms with Crippen LogP contribution in [0.3, 0.4) is 0 Å². The fraction of sp³-hybridized carbons (Fsp3) is 0.143. The van der Waals surface area contributed by atoms with Gasteiger partial charge in [0.05, 0.1) is 12.1 Å². The van der Waals surface area contributed by atoms with Crippen LogP contribution in [-0.2, 0) is 17.8 Å². The van der Waals surface area contributed by atoms with Crippen LogP contribution in [0.25, 0.3) is 11.3 Å². The number of carboxylic acid groups (broad SMARTS) is 1. The van der Waals surface area contributed by atoms with Crippen molar-refractivity contribution in [2.24, 2.45) is 5.73 Å². The van der Waals surface area contributed by atoms with Crippen LogP contribution in [0.4, 0.5) is 0 Å². The number of pyridine rings is 1. The Morgan fingerprint density at radius 2 is 2.00 bits per heavy atom. The Balaban J connectivity index is 0.00000180. The molecule has 0 aliphatic rings. The van der Waals surface area contributed by atoms with E-state index in [0.717, 1.165) is 22.4 Å². The molecular formula is C14H15ClN2O2. The van der Waals surface area contributed by atoms with Crippen molar-refractivity contribution in [2.45, 2.75) is 13.0 Å². The van der Waals surface area contributed by atoms with Gasteiger partial charge in [-0.3, -0.25) is 9.78 Å². The molecule has 1 heterocycles. The minimum Gasteiger partial charge on any atom is -0.481 e. The predicted molar refractivity (Wildman–Crippen MR) is 76.2 cm³/mol. The van der Waals surface area contributed by atoms with Crippen LogP contribution in [0, 0.1) is 0 Å². The van der Waals surface area contributed by atoms with E-state index in [1.165, 1.54) is 0 Å². The second kappa shape index (κ2) is 6.87. The molecule has 5 heteroatoms. The number of aromatic nitrogens is 1. The molecule has 0 radical (unpaired) electrons. The van der Waals surface area contributed by atoms with Crippen LogP contribution < -0.4 is 5.73 Å². The minimum absolute atomic E-state index is 0. The highest BCUT2D eigenvalue weighted by Gasteiger charge is 2.04. The second-order valence-corrected chi connectivity index (χ2v) is 4.03. The van der Waals surface area contributed by atoms with Crippen LogP contribution in [0.5, 0.6) is 0 Å². The maximum absolute atomic E-state index is 10.7. The summed E-state index contributed by atoms with van der Waals surface area (Å²) in [5.74, 6) is -0.835. The summed E-state index contributed by atoms with van der Waals surface area (Å²) in [6.45, 7) is 0.465. The molecule has 1 aromatic heterocycles. The molecule has 0 atom stereocenters. The standard InChI is InChI=1S/C14H14N2O2.ClH/c15-8-11-4-5-13(16-9-11)12-3-1-2-10(6-12)7-14(17)18;/h1-6,9H,7-8,15H2,(H,17,18);1H. The Morgan fingerprint density at radius 3 is 2.58 bits per heavy atom. The van der Waals surface area contributed by atoms with Crippen molar-refractivity contribution in [3.05, 3.63) is 53.7 Å². The molecule has 0 bridgehead atoms. The van der Waals surface area contributed by atoms with E-state index in [4.69, 9.17) is 10.8 Å². The Labute approximate surface area is 117 Å². The fourth-order valence-electron chi connectivity index (χ4n) is 1.73. The maximum Gasteiger partial charge on any atom is 0.307 e. The quantitative estimate of drug-likeness (QED) is 0.899. The van der Waals surface area contributed by atoms with Crippen LogP contribution in [0.1, 0.15) is 11.1 Å². The summed E-state index contributed by atoms with van der Waals surface area (Å²) in [7, 11) is 0. The van der Waals surface area contributed by atoms with Crippen molar-refractivity contribution in [3.8, 4) is 11.3 Å². The molecule has 2 aromatic rings. The number of carboxylic acids is 1. The van der Waals surface area contributed by atoms with E-state index in [0.29, 0.717) is 6.54 Å². The summed E-state index contributed by atoms with van der Waals surface area (Å²) in [5, 5.41) is 8.77. The van der Waals surface area contributed by atoms with Crippen molar-refractivity contribution < 1.29 is 9.90 Å². The molecule has 100 valence electrons. The smallest absolute Gasteiger partial charge is 0.307 e. The molecule has 0 amide bonds. The zero-order valence-corrected chi connectivity index (χ0v) is 11.1. The molecule has 0 unspecified atom stereocenters. The lowest BCUT2D eigenvalue weighted by Crippen LogP contribution is -2.00. The molecule has 1 aromatic carbocycles. The van der Waals surface area contributed by atoms with Crippen LogP contribution >= 0.6 is 12.4 Å². The Morgan fingerprint density at radius 1 is 1.21 bits per heavy atom. The number of hydrogen-bond donors (Lipinski definition) is 2. The normalized spacial score (nSPS) is 9.74. The van der Waals surface area contributed by atoms with E-state index in [9.17, 15) is 4.79 Å². The van der Waals surface area contributed by atoms with Gasteiger partial charge >= 0.3 is 5.97 Å². The van der Waals surface area contributed by atoms with E-state index in [1.54, 1.807) is 12.3 Å². The van der Waals surface area contributed by atoms with Gasteiger partial charge in [0, 0.05) is 18.3 Å². The lowest BCUT2D eigenvalue weighted by atomic mass is 10.1. The molecule has 0 aliphatic carbocycles. The highest BCUT2D eigenvalue weighted by Crippen LogP contribution is 2.18. The molecule has 19 heavy (non-hydrogen) atoms. The summed E-state index contributed by atoms with van der Waals surface area (Å²) in [6.07, 6.45) is 1.76. The predicted octanol–water partition coefficient (Wildman–Crippen LogP) is 2.26. The summed E-state index contributed by atoms with van der Waals surface area (Å²) < 4.78 is 0. The molecule has 0 spiro atoms. The van der Waals surface area contributed by atoms with Crippen LogP contribution in [-0.4, -0.2) is 16.1 Å². The first-order valence-corrected chi connectivity index (χ1v) is 5.65. The van der Waals surface area contributed by atoms with Crippen molar-refractivity contribution in [2.75, 3.05) is 0 Å². The third kappa shape index (κ3) is 4.05. The fourth-order valence-corrected chi connectivity index (χ4v) is 1.73. The highest BCUT2D eigenvalue weighted by atomic mass is 35.5. The number of rotatable bonds is 4. The topological polar surface area (TPSA) is 76.2 Å². The van der Waals surface area contributed by atoms with Crippen molar-refractivity contribution >= 4 is 18.4 Å². The second-order valence-electron chi connectivity index (χ2n) is 4.03. The van der Waals surface area contributed by atoms with Crippen molar-refractivity contribution in [1.29, 1.82) is 0 Å². The van der Waals surface area contributed by atoms with Gasteiger partial charge in [-0.15, -0.1) is 12.4 Å². The lowest BCUT2D eigenvalue weighted by molar-refractivity contribution is -0.136. The van der Waals surface area contributed by atoms with E-state index >= 15 is 0 Å². The average molecular weight is 279 g/mol. The van der Waals surface area contributed by atoms with E-state index in [2.05, 4.69) is 4.98 Å². The molecule has 0 saturated heterocycles. The summed E-state index contributed by atoms with van der Waals surface area (Å²) in [4.78, 5) is 15.0. The summed E-state index contributed by atoms with van der Waals surface area (Å²) in [5.41, 5.74) is 8.99. The van der Waals surface area contributed by atoms with E-state index in [1.807, 2.05) is 30.3 Å². The monoisotopic (exact) mass is 278 g/mol. The van der Waals surface area contributed by atoms with Gasteiger partial charge in [0.2, 0.25) is 0 Å². The number of nitrogens with two attached hydrogens (primary N) is 1. The van der Waals surface area contributed by atoms with Gasteiger partial charge in [-0.2, -0.15) is 0 Å². The molecule has 3 N–H and O–H groups in total. The molecular weight excluding hydrogens is 264 g/mol. The molecule has 0 fully saturated rings. The largest absolute Gasteiger partial charge is 0.481 e. The van der Waals surface area contributed by atoms with Gasteiger partial charge in [-0.05, 0) is 23.3 Å². The Kier molecular flexibility index (Phi) is 5.48. The van der Waals surface area contributed by atoms with E-state index < -0.39 is 5.97 Å². The number of aliphatic carboxylic acids is 1. The van der Waals surface area contributed by atoms with Gasteiger partial charge in [0.25, 0.3) is 0 Å². The lowest BCUT2D eigenvalue weighted by Gasteiger charge is -2.04. The van der Waals surface area contributed by atoms with Crippen LogP contribution in [0.2, 0.25) is 0 Å². The SMILES string of the molecule is Cl.NCc1ccc(-c2cccc(CC(=O)O)c2)nc1. The first-order chi connectivity index (χ1) is 8.69. The first kappa shape index (κ1) is 15.1. The number of nitrogens with zero attached hydrogens (tertiary/aromatic N) is 1. The first-order valence-electron chi connectivity index (χ1n) is 5.65. The maximum atomic E-state index is 10.7. The minimum atomic E-state index is -0.835. The summed E-state index contributed by atoms with van der Waals surface area (Å²) >= 11 is 0. The van der Waals surface area contributed by atoms with Gasteiger partial charge < -0.3 is 10.8 Å². The molecule has 2 rings (SSSR count). The number of carbonyl (C=O) groups is 1. The molecule has 0 saturated carbocycles. The van der Waals surface area contributed by atoms with E-state index in [-0.39, 0.29) is 18.8 Å². The van der Waals surface area contributed by atoms with Crippen molar-refractivity contribution in [1.82, 2.24) is 4.98 Å². The third-order valence-corrected chi connectivity index (χ3v) is 2.64. The zero-order valence-electron chi connectivity index (χ0n) is 10.2.